The van der Waals surface area contributed by atoms with Gasteiger partial charge in [0.05, 0.1) is 5.69 Å². The highest BCUT2D eigenvalue weighted by Crippen LogP contribution is 2.32. The van der Waals surface area contributed by atoms with Crippen LogP contribution in [0, 0.1) is 0 Å². The first kappa shape index (κ1) is 17.2. The fourth-order valence-electron chi connectivity index (χ4n) is 3.29. The number of nitrogens with one attached hydrogen (secondary N) is 1. The second-order valence-electron chi connectivity index (χ2n) is 6.63. The molecule has 0 radical (unpaired) electrons. The topological polar surface area (TPSA) is 53.4 Å². The summed E-state index contributed by atoms with van der Waals surface area (Å²) in [4.78, 5) is 23.6. The number of carbonyl (C=O) groups excluding carboxylic acids is 1. The molecule has 0 bridgehead atoms. The molecule has 1 saturated heterocycles. The standard InChI is InChI=1S/C19H23N5OS/c1-22-11-13-23(14-12-22)10-7-20-18(25)17-16(24-8-2-3-9-24)15-5-4-6-21-19(15)26-17/h2-6,8-9H,7,10-14H2,1H3,(H,20,25). The SMILES string of the molecule is CN1CCN(CCNC(=O)c2sc3ncccc3c2-n2cccc2)CC1. The van der Waals surface area contributed by atoms with E-state index in [2.05, 4.69) is 27.1 Å². The maximum atomic E-state index is 12.9. The van der Waals surface area contributed by atoms with Crippen LogP contribution in [0.4, 0.5) is 0 Å². The zero-order valence-corrected chi connectivity index (χ0v) is 15.7. The van der Waals surface area contributed by atoms with Crippen LogP contribution in [0.2, 0.25) is 0 Å². The Balaban J connectivity index is 1.49. The number of rotatable bonds is 5. The second-order valence-corrected chi connectivity index (χ2v) is 7.63. The highest BCUT2D eigenvalue weighted by atomic mass is 32.1. The summed E-state index contributed by atoms with van der Waals surface area (Å²) < 4.78 is 2.00. The molecule has 7 heteroatoms. The lowest BCUT2D eigenvalue weighted by Crippen LogP contribution is -2.46. The Labute approximate surface area is 157 Å². The van der Waals surface area contributed by atoms with Crippen molar-refractivity contribution in [2.45, 2.75) is 0 Å². The molecule has 4 rings (SSSR count). The summed E-state index contributed by atoms with van der Waals surface area (Å²) in [6.07, 6.45) is 5.71. The fourth-order valence-corrected chi connectivity index (χ4v) is 4.35. The predicted molar refractivity (Wildman–Crippen MR) is 105 cm³/mol. The van der Waals surface area contributed by atoms with E-state index in [9.17, 15) is 4.79 Å². The molecule has 0 spiro atoms. The van der Waals surface area contributed by atoms with Crippen LogP contribution < -0.4 is 5.32 Å². The molecular formula is C19H23N5OS. The van der Waals surface area contributed by atoms with Gasteiger partial charge in [-0.1, -0.05) is 0 Å². The zero-order chi connectivity index (χ0) is 17.9. The fraction of sp³-hybridized carbons (Fsp3) is 0.368. The van der Waals surface area contributed by atoms with Crippen molar-refractivity contribution in [1.29, 1.82) is 0 Å². The van der Waals surface area contributed by atoms with Gasteiger partial charge < -0.3 is 14.8 Å². The Kier molecular flexibility index (Phi) is 5.01. The van der Waals surface area contributed by atoms with Crippen LogP contribution in [0.25, 0.3) is 15.9 Å². The summed E-state index contributed by atoms with van der Waals surface area (Å²) in [5.41, 5.74) is 0.917. The largest absolute Gasteiger partial charge is 0.350 e. The average Bonchev–Trinajstić information content (AvgIpc) is 3.30. The van der Waals surface area contributed by atoms with Crippen LogP contribution in [0.5, 0.6) is 0 Å². The monoisotopic (exact) mass is 369 g/mol. The van der Waals surface area contributed by atoms with Crippen molar-refractivity contribution < 1.29 is 4.79 Å². The van der Waals surface area contributed by atoms with E-state index in [0.717, 1.165) is 48.6 Å². The molecule has 0 aromatic carbocycles. The van der Waals surface area contributed by atoms with Gasteiger partial charge in [0, 0.05) is 63.2 Å². The van der Waals surface area contributed by atoms with Crippen molar-refractivity contribution in [2.24, 2.45) is 0 Å². The lowest BCUT2D eigenvalue weighted by atomic mass is 10.2. The first-order valence-corrected chi connectivity index (χ1v) is 9.74. The average molecular weight is 369 g/mol. The number of hydrogen-bond acceptors (Lipinski definition) is 5. The van der Waals surface area contributed by atoms with Crippen molar-refractivity contribution in [2.75, 3.05) is 46.3 Å². The van der Waals surface area contributed by atoms with Gasteiger partial charge in [0.15, 0.2) is 0 Å². The van der Waals surface area contributed by atoms with Gasteiger partial charge in [0.1, 0.15) is 9.71 Å². The minimum absolute atomic E-state index is 0.0224. The quantitative estimate of drug-likeness (QED) is 0.748. The number of thiophene rings is 1. The first-order valence-electron chi connectivity index (χ1n) is 8.92. The van der Waals surface area contributed by atoms with Gasteiger partial charge in [-0.2, -0.15) is 0 Å². The van der Waals surface area contributed by atoms with E-state index >= 15 is 0 Å². The van der Waals surface area contributed by atoms with Gasteiger partial charge in [-0.3, -0.25) is 9.69 Å². The van der Waals surface area contributed by atoms with Crippen molar-refractivity contribution in [3.8, 4) is 5.69 Å². The van der Waals surface area contributed by atoms with Crippen molar-refractivity contribution in [3.05, 3.63) is 47.7 Å². The lowest BCUT2D eigenvalue weighted by molar-refractivity contribution is 0.0945. The van der Waals surface area contributed by atoms with Gasteiger partial charge in [0.2, 0.25) is 0 Å². The Morgan fingerprint density at radius 3 is 2.73 bits per heavy atom. The number of amides is 1. The molecule has 0 unspecified atom stereocenters. The first-order chi connectivity index (χ1) is 12.7. The van der Waals surface area contributed by atoms with E-state index in [0.29, 0.717) is 11.4 Å². The molecule has 0 aliphatic carbocycles. The molecule has 1 aliphatic heterocycles. The number of pyridine rings is 1. The minimum atomic E-state index is -0.0224. The third-order valence-electron chi connectivity index (χ3n) is 4.82. The molecule has 136 valence electrons. The molecule has 3 aromatic rings. The summed E-state index contributed by atoms with van der Waals surface area (Å²) in [5, 5.41) is 4.11. The van der Waals surface area contributed by atoms with E-state index in [-0.39, 0.29) is 5.91 Å². The third-order valence-corrected chi connectivity index (χ3v) is 5.92. The highest BCUT2D eigenvalue weighted by molar-refractivity contribution is 7.21. The number of fused-ring (bicyclic) bond motifs is 1. The maximum absolute atomic E-state index is 12.9. The van der Waals surface area contributed by atoms with Crippen LogP contribution in [-0.4, -0.2) is 71.6 Å². The Morgan fingerprint density at radius 2 is 1.96 bits per heavy atom. The van der Waals surface area contributed by atoms with Crippen LogP contribution in [-0.2, 0) is 0 Å². The van der Waals surface area contributed by atoms with Crippen molar-refractivity contribution in [1.82, 2.24) is 24.7 Å². The van der Waals surface area contributed by atoms with E-state index in [1.807, 2.05) is 41.2 Å². The second kappa shape index (κ2) is 7.57. The summed E-state index contributed by atoms with van der Waals surface area (Å²) in [7, 11) is 2.15. The lowest BCUT2D eigenvalue weighted by Gasteiger charge is -2.32. The molecule has 0 saturated carbocycles. The van der Waals surface area contributed by atoms with Crippen LogP contribution in [0.1, 0.15) is 9.67 Å². The summed E-state index contributed by atoms with van der Waals surface area (Å²) in [6, 6.07) is 7.87. The number of carbonyl (C=O) groups is 1. The molecule has 0 atom stereocenters. The van der Waals surface area contributed by atoms with Gasteiger partial charge >= 0.3 is 0 Å². The van der Waals surface area contributed by atoms with Gasteiger partial charge in [0.25, 0.3) is 5.91 Å². The smallest absolute Gasteiger partial charge is 0.263 e. The Bertz CT molecular complexity index is 881. The van der Waals surface area contributed by atoms with E-state index in [4.69, 9.17) is 0 Å². The van der Waals surface area contributed by atoms with Crippen LogP contribution in [0.15, 0.2) is 42.9 Å². The summed E-state index contributed by atoms with van der Waals surface area (Å²) in [6.45, 7) is 5.86. The van der Waals surface area contributed by atoms with Crippen molar-refractivity contribution in [3.63, 3.8) is 0 Å². The van der Waals surface area contributed by atoms with Crippen LogP contribution >= 0.6 is 11.3 Å². The molecule has 26 heavy (non-hydrogen) atoms. The minimum Gasteiger partial charge on any atom is -0.350 e. The van der Waals surface area contributed by atoms with E-state index in [1.165, 1.54) is 11.3 Å². The number of hydrogen-bond donors (Lipinski definition) is 1. The summed E-state index contributed by atoms with van der Waals surface area (Å²) in [5.74, 6) is -0.0224. The zero-order valence-electron chi connectivity index (χ0n) is 14.9. The molecule has 3 aromatic heterocycles. The van der Waals surface area contributed by atoms with E-state index < -0.39 is 0 Å². The molecule has 1 N–H and O–H groups in total. The van der Waals surface area contributed by atoms with Gasteiger partial charge in [-0.25, -0.2) is 4.98 Å². The number of piperazine rings is 1. The number of nitrogens with zero attached hydrogens (tertiary/aromatic N) is 4. The van der Waals surface area contributed by atoms with Crippen LogP contribution in [0.3, 0.4) is 0 Å². The molecule has 1 aliphatic rings. The molecule has 1 amide bonds. The molecular weight excluding hydrogens is 346 g/mol. The van der Waals surface area contributed by atoms with Crippen molar-refractivity contribution >= 4 is 27.5 Å². The van der Waals surface area contributed by atoms with Gasteiger partial charge in [-0.05, 0) is 31.3 Å². The number of likely N-dealkylation sites (N-methyl/N-ethyl adjacent to an activating group) is 1. The molecule has 1 fully saturated rings. The normalized spacial score (nSPS) is 16.2. The summed E-state index contributed by atoms with van der Waals surface area (Å²) >= 11 is 1.45. The Morgan fingerprint density at radius 1 is 1.19 bits per heavy atom. The molecule has 4 heterocycles. The number of aromatic nitrogens is 2. The maximum Gasteiger partial charge on any atom is 0.263 e. The third kappa shape index (κ3) is 3.51. The highest BCUT2D eigenvalue weighted by Gasteiger charge is 2.20. The van der Waals surface area contributed by atoms with E-state index in [1.54, 1.807) is 6.20 Å². The van der Waals surface area contributed by atoms with Gasteiger partial charge in [-0.15, -0.1) is 11.3 Å². The molecule has 6 nitrogen and oxygen atoms in total. The Hall–Kier alpha value is -2.22. The predicted octanol–water partition coefficient (Wildman–Crippen LogP) is 2.06.